The van der Waals surface area contributed by atoms with Crippen molar-refractivity contribution in [2.75, 3.05) is 6.61 Å². The Bertz CT molecular complexity index is 873. The van der Waals surface area contributed by atoms with Crippen molar-refractivity contribution in [2.45, 2.75) is 32.2 Å². The van der Waals surface area contributed by atoms with Gasteiger partial charge in [-0.15, -0.1) is 0 Å². The summed E-state index contributed by atoms with van der Waals surface area (Å²) in [4.78, 5) is 49.9. The standard InChI is InChI=1S/C18H20N2O6/c1-2-3-8-26-16(22)10-14(18(24)25)20-17(23)12-9-15(21)19-13-7-5-4-6-11(12)13/h4-7,9,14H,2-3,8,10H2,1H3,(H,19,21)(H,20,23)(H,24,25). The van der Waals surface area contributed by atoms with Crippen LogP contribution in [-0.2, 0) is 14.3 Å². The second kappa shape index (κ2) is 8.80. The van der Waals surface area contributed by atoms with Gasteiger partial charge in [0.15, 0.2) is 0 Å². The molecule has 1 aromatic carbocycles. The molecule has 8 heteroatoms. The number of carbonyl (C=O) groups is 3. The Balaban J connectivity index is 2.17. The first kappa shape index (κ1) is 19.2. The lowest BCUT2D eigenvalue weighted by Gasteiger charge is -2.15. The first-order valence-corrected chi connectivity index (χ1v) is 8.23. The number of esters is 1. The van der Waals surface area contributed by atoms with Gasteiger partial charge >= 0.3 is 11.9 Å². The lowest BCUT2D eigenvalue weighted by molar-refractivity contribution is -0.149. The number of pyridine rings is 1. The summed E-state index contributed by atoms with van der Waals surface area (Å²) in [6.07, 6.45) is 1.02. The van der Waals surface area contributed by atoms with Gasteiger partial charge in [-0.25, -0.2) is 4.79 Å². The molecule has 0 bridgehead atoms. The summed E-state index contributed by atoms with van der Waals surface area (Å²) < 4.78 is 4.93. The molecule has 0 fully saturated rings. The van der Waals surface area contributed by atoms with E-state index in [1.807, 2.05) is 6.92 Å². The lowest BCUT2D eigenvalue weighted by atomic mass is 10.1. The van der Waals surface area contributed by atoms with Gasteiger partial charge in [0.05, 0.1) is 18.6 Å². The van der Waals surface area contributed by atoms with Crippen LogP contribution in [0.1, 0.15) is 36.5 Å². The number of amides is 1. The van der Waals surface area contributed by atoms with Crippen LogP contribution >= 0.6 is 0 Å². The van der Waals surface area contributed by atoms with Gasteiger partial charge in [0.1, 0.15) is 6.04 Å². The number of hydrogen-bond acceptors (Lipinski definition) is 5. The lowest BCUT2D eigenvalue weighted by Crippen LogP contribution is -2.42. The van der Waals surface area contributed by atoms with Crippen LogP contribution in [0.3, 0.4) is 0 Å². The number of aromatic amines is 1. The van der Waals surface area contributed by atoms with Crippen LogP contribution in [0.5, 0.6) is 0 Å². The second-order valence-corrected chi connectivity index (χ2v) is 5.74. The molecule has 1 amide bonds. The molecule has 138 valence electrons. The minimum atomic E-state index is -1.45. The Labute approximate surface area is 149 Å². The van der Waals surface area contributed by atoms with Crippen LogP contribution in [0.4, 0.5) is 0 Å². The van der Waals surface area contributed by atoms with Crippen molar-refractivity contribution < 1.29 is 24.2 Å². The minimum absolute atomic E-state index is 0.0370. The number of rotatable bonds is 8. The highest BCUT2D eigenvalue weighted by molar-refractivity contribution is 6.07. The fourth-order valence-corrected chi connectivity index (χ4v) is 2.38. The van der Waals surface area contributed by atoms with Crippen LogP contribution in [0, 0.1) is 0 Å². The molecular formula is C18H20N2O6. The molecule has 1 unspecified atom stereocenters. The molecule has 26 heavy (non-hydrogen) atoms. The highest BCUT2D eigenvalue weighted by atomic mass is 16.5. The fourth-order valence-electron chi connectivity index (χ4n) is 2.38. The maximum Gasteiger partial charge on any atom is 0.326 e. The maximum absolute atomic E-state index is 12.5. The van der Waals surface area contributed by atoms with Gasteiger partial charge in [-0.05, 0) is 12.5 Å². The van der Waals surface area contributed by atoms with Crippen molar-refractivity contribution in [1.82, 2.24) is 10.3 Å². The molecule has 0 aliphatic carbocycles. The van der Waals surface area contributed by atoms with E-state index in [0.29, 0.717) is 17.3 Å². The van der Waals surface area contributed by atoms with E-state index in [-0.39, 0.29) is 12.2 Å². The van der Waals surface area contributed by atoms with E-state index in [1.54, 1.807) is 24.3 Å². The van der Waals surface area contributed by atoms with Crippen LogP contribution in [-0.4, -0.2) is 40.6 Å². The van der Waals surface area contributed by atoms with E-state index < -0.39 is 35.9 Å². The second-order valence-electron chi connectivity index (χ2n) is 5.74. The van der Waals surface area contributed by atoms with Crippen molar-refractivity contribution in [3.05, 3.63) is 46.2 Å². The van der Waals surface area contributed by atoms with Crippen molar-refractivity contribution in [1.29, 1.82) is 0 Å². The summed E-state index contributed by atoms with van der Waals surface area (Å²) >= 11 is 0. The number of fused-ring (bicyclic) bond motifs is 1. The SMILES string of the molecule is CCCCOC(=O)CC(NC(=O)c1cc(=O)[nH]c2ccccc12)C(=O)O. The molecule has 1 atom stereocenters. The Morgan fingerprint density at radius 2 is 2.00 bits per heavy atom. The highest BCUT2D eigenvalue weighted by Crippen LogP contribution is 2.14. The number of aromatic nitrogens is 1. The Hall–Kier alpha value is -3.16. The first-order chi connectivity index (χ1) is 12.4. The van der Waals surface area contributed by atoms with E-state index in [9.17, 15) is 24.3 Å². The average molecular weight is 360 g/mol. The molecule has 0 saturated heterocycles. The zero-order chi connectivity index (χ0) is 19.1. The van der Waals surface area contributed by atoms with Gasteiger partial charge in [-0.3, -0.25) is 14.4 Å². The van der Waals surface area contributed by atoms with Crippen LogP contribution in [0.2, 0.25) is 0 Å². The molecule has 0 spiro atoms. The predicted octanol–water partition coefficient (Wildman–Crippen LogP) is 1.44. The number of ether oxygens (including phenoxy) is 1. The third-order valence-corrected chi connectivity index (χ3v) is 3.73. The zero-order valence-corrected chi connectivity index (χ0v) is 14.3. The molecule has 0 aliphatic heterocycles. The van der Waals surface area contributed by atoms with E-state index in [0.717, 1.165) is 12.5 Å². The van der Waals surface area contributed by atoms with Crippen molar-refractivity contribution >= 4 is 28.7 Å². The van der Waals surface area contributed by atoms with Gasteiger partial charge in [0.25, 0.3) is 5.91 Å². The number of hydrogen-bond donors (Lipinski definition) is 3. The largest absolute Gasteiger partial charge is 0.480 e. The summed E-state index contributed by atoms with van der Waals surface area (Å²) in [7, 11) is 0. The third kappa shape index (κ3) is 4.92. The van der Waals surface area contributed by atoms with Crippen LogP contribution in [0.25, 0.3) is 10.9 Å². The molecule has 0 aliphatic rings. The monoisotopic (exact) mass is 360 g/mol. The normalized spacial score (nSPS) is 11.7. The molecule has 0 saturated carbocycles. The molecule has 1 heterocycles. The van der Waals surface area contributed by atoms with Crippen LogP contribution in [0.15, 0.2) is 35.1 Å². The molecule has 3 N–H and O–H groups in total. The minimum Gasteiger partial charge on any atom is -0.480 e. The number of nitrogens with one attached hydrogen (secondary N) is 2. The summed E-state index contributed by atoms with van der Waals surface area (Å²) in [5.74, 6) is -2.82. The fraction of sp³-hybridized carbons (Fsp3) is 0.333. The number of aliphatic carboxylic acids is 1. The van der Waals surface area contributed by atoms with E-state index >= 15 is 0 Å². The summed E-state index contributed by atoms with van der Waals surface area (Å²) in [6.45, 7) is 2.13. The number of H-pyrrole nitrogens is 1. The molecular weight excluding hydrogens is 340 g/mol. The van der Waals surface area contributed by atoms with Gasteiger partial charge in [-0.1, -0.05) is 31.5 Å². The number of carbonyl (C=O) groups excluding carboxylic acids is 2. The zero-order valence-electron chi connectivity index (χ0n) is 14.3. The molecule has 1 aromatic heterocycles. The van der Waals surface area contributed by atoms with Crippen molar-refractivity contribution in [2.24, 2.45) is 0 Å². The quantitative estimate of drug-likeness (QED) is 0.483. The average Bonchev–Trinajstić information content (AvgIpc) is 2.60. The van der Waals surface area contributed by atoms with Gasteiger partial charge in [0, 0.05) is 17.0 Å². The van der Waals surface area contributed by atoms with Gasteiger partial charge in [-0.2, -0.15) is 0 Å². The Morgan fingerprint density at radius 3 is 2.69 bits per heavy atom. The maximum atomic E-state index is 12.5. The number of benzene rings is 1. The predicted molar refractivity (Wildman–Crippen MR) is 93.9 cm³/mol. The first-order valence-electron chi connectivity index (χ1n) is 8.23. The smallest absolute Gasteiger partial charge is 0.326 e. The Kier molecular flexibility index (Phi) is 6.48. The summed E-state index contributed by atoms with van der Waals surface area (Å²) in [5.41, 5.74) is 0.00523. The molecule has 2 aromatic rings. The van der Waals surface area contributed by atoms with Crippen molar-refractivity contribution in [3.63, 3.8) is 0 Å². The Morgan fingerprint density at radius 1 is 1.27 bits per heavy atom. The van der Waals surface area contributed by atoms with E-state index in [2.05, 4.69) is 10.3 Å². The van der Waals surface area contributed by atoms with Gasteiger partial charge in [0.2, 0.25) is 5.56 Å². The number of para-hydroxylation sites is 1. The molecule has 8 nitrogen and oxygen atoms in total. The number of carboxylic acid groups (broad SMARTS) is 1. The number of unbranched alkanes of at least 4 members (excludes halogenated alkanes) is 1. The van der Waals surface area contributed by atoms with E-state index in [1.165, 1.54) is 0 Å². The van der Waals surface area contributed by atoms with E-state index in [4.69, 9.17) is 4.74 Å². The highest BCUT2D eigenvalue weighted by Gasteiger charge is 2.25. The molecule has 2 rings (SSSR count). The summed E-state index contributed by atoms with van der Waals surface area (Å²) in [6, 6.07) is 6.30. The molecule has 0 radical (unpaired) electrons. The van der Waals surface area contributed by atoms with Crippen molar-refractivity contribution in [3.8, 4) is 0 Å². The third-order valence-electron chi connectivity index (χ3n) is 3.73. The van der Waals surface area contributed by atoms with Crippen LogP contribution < -0.4 is 10.9 Å². The van der Waals surface area contributed by atoms with Gasteiger partial charge < -0.3 is 20.1 Å². The summed E-state index contributed by atoms with van der Waals surface area (Å²) in [5, 5.41) is 12.0. The number of carboxylic acids is 1. The topological polar surface area (TPSA) is 126 Å².